The lowest BCUT2D eigenvalue weighted by Crippen LogP contribution is -2.31. The number of hydrogen-bond donors (Lipinski definition) is 2. The minimum atomic E-state index is -0.837. The Kier molecular flexibility index (Phi) is 6.34. The van der Waals surface area contributed by atoms with E-state index in [1.165, 1.54) is 11.1 Å². The highest BCUT2D eigenvalue weighted by Crippen LogP contribution is 2.47. The van der Waals surface area contributed by atoms with E-state index in [0.29, 0.717) is 36.5 Å². The molecule has 3 aromatic rings. The molecule has 6 rings (SSSR count). The van der Waals surface area contributed by atoms with Gasteiger partial charge in [0, 0.05) is 42.0 Å². The van der Waals surface area contributed by atoms with Crippen LogP contribution >= 0.6 is 11.6 Å². The molecule has 0 spiro atoms. The quantitative estimate of drug-likeness (QED) is 0.451. The predicted molar refractivity (Wildman–Crippen MR) is 149 cm³/mol. The lowest BCUT2D eigenvalue weighted by Gasteiger charge is -2.27. The van der Waals surface area contributed by atoms with Crippen molar-refractivity contribution in [3.05, 3.63) is 75.9 Å². The standard InChI is InChI=1S/C29H30ClN5O3/c1-29(13-26(36)37)17-35(25-6-4-3-5-22(25)29)27-23(30)14-31-28(33-27)32-24-12-20-15-34(2)9-7-18(20)11-21(24)19-8-10-38-16-19/h3-6,8,11-12,14H,7,9-10,13,15-17H2,1-2H3,(H,36,37)(H,31,32,33). The molecule has 38 heavy (non-hydrogen) atoms. The van der Waals surface area contributed by atoms with Crippen LogP contribution in [0, 0.1) is 0 Å². The van der Waals surface area contributed by atoms with Crippen LogP contribution < -0.4 is 10.2 Å². The predicted octanol–water partition coefficient (Wildman–Crippen LogP) is 5.16. The van der Waals surface area contributed by atoms with Crippen LogP contribution in [0.2, 0.25) is 5.02 Å². The number of carbonyl (C=O) groups is 1. The summed E-state index contributed by atoms with van der Waals surface area (Å²) in [6.45, 7) is 5.54. The summed E-state index contributed by atoms with van der Waals surface area (Å²) in [5, 5.41) is 13.5. The van der Waals surface area contributed by atoms with Gasteiger partial charge in [0.1, 0.15) is 5.02 Å². The van der Waals surface area contributed by atoms with Crippen LogP contribution in [0.1, 0.15) is 35.6 Å². The first-order chi connectivity index (χ1) is 18.3. The average molecular weight is 532 g/mol. The Balaban J connectivity index is 1.38. The second-order valence-electron chi connectivity index (χ2n) is 10.6. The molecule has 2 N–H and O–H groups in total. The highest BCUT2D eigenvalue weighted by molar-refractivity contribution is 6.33. The number of para-hydroxylation sites is 1. The number of likely N-dealkylation sites (N-methyl/N-ethyl adjacent to an activating group) is 1. The average Bonchev–Trinajstić information content (AvgIpc) is 3.52. The fourth-order valence-electron chi connectivity index (χ4n) is 5.84. The van der Waals surface area contributed by atoms with Crippen LogP contribution in [0.3, 0.4) is 0 Å². The van der Waals surface area contributed by atoms with Crippen molar-refractivity contribution in [2.45, 2.75) is 31.7 Å². The lowest BCUT2D eigenvalue weighted by atomic mass is 9.81. The summed E-state index contributed by atoms with van der Waals surface area (Å²) >= 11 is 6.65. The molecule has 8 nitrogen and oxygen atoms in total. The number of ether oxygens (including phenoxy) is 1. The first kappa shape index (κ1) is 24.9. The minimum absolute atomic E-state index is 0.0123. The zero-order valence-electron chi connectivity index (χ0n) is 21.5. The first-order valence-electron chi connectivity index (χ1n) is 12.8. The van der Waals surface area contributed by atoms with E-state index >= 15 is 0 Å². The molecular weight excluding hydrogens is 502 g/mol. The van der Waals surface area contributed by atoms with Gasteiger partial charge in [0.2, 0.25) is 5.95 Å². The summed E-state index contributed by atoms with van der Waals surface area (Å²) in [6.07, 6.45) is 4.75. The molecule has 0 amide bonds. The van der Waals surface area contributed by atoms with Gasteiger partial charge in [-0.3, -0.25) is 4.79 Å². The molecule has 0 aliphatic carbocycles. The number of benzene rings is 2. The Hall–Kier alpha value is -3.46. The number of nitrogens with zero attached hydrogens (tertiary/aromatic N) is 4. The number of aromatic nitrogens is 2. The third kappa shape index (κ3) is 4.53. The summed E-state index contributed by atoms with van der Waals surface area (Å²) in [6, 6.07) is 12.3. The summed E-state index contributed by atoms with van der Waals surface area (Å²) in [4.78, 5) is 25.4. The topological polar surface area (TPSA) is 90.8 Å². The summed E-state index contributed by atoms with van der Waals surface area (Å²) in [7, 11) is 2.14. The molecule has 9 heteroatoms. The molecule has 0 radical (unpaired) electrons. The largest absolute Gasteiger partial charge is 0.481 e. The van der Waals surface area contributed by atoms with Gasteiger partial charge in [0.25, 0.3) is 0 Å². The van der Waals surface area contributed by atoms with E-state index in [2.05, 4.69) is 40.5 Å². The maximum atomic E-state index is 11.7. The fourth-order valence-corrected chi connectivity index (χ4v) is 6.03. The molecule has 1 aromatic heterocycles. The third-order valence-electron chi connectivity index (χ3n) is 7.72. The van der Waals surface area contributed by atoms with Crippen LogP contribution in [-0.2, 0) is 27.9 Å². The summed E-state index contributed by atoms with van der Waals surface area (Å²) in [5.41, 5.74) is 7.15. The molecule has 0 bridgehead atoms. The first-order valence-corrected chi connectivity index (χ1v) is 13.2. The molecule has 3 aliphatic heterocycles. The van der Waals surface area contributed by atoms with Crippen LogP contribution in [0.25, 0.3) is 5.57 Å². The highest BCUT2D eigenvalue weighted by Gasteiger charge is 2.42. The Morgan fingerprint density at radius 1 is 1.26 bits per heavy atom. The smallest absolute Gasteiger partial charge is 0.304 e. The monoisotopic (exact) mass is 531 g/mol. The van der Waals surface area contributed by atoms with E-state index in [1.807, 2.05) is 36.1 Å². The van der Waals surface area contributed by atoms with E-state index in [4.69, 9.17) is 21.3 Å². The van der Waals surface area contributed by atoms with Gasteiger partial charge in [-0.25, -0.2) is 4.98 Å². The second kappa shape index (κ2) is 9.69. The molecule has 3 aliphatic rings. The van der Waals surface area contributed by atoms with Crippen LogP contribution in [0.5, 0.6) is 0 Å². The zero-order valence-corrected chi connectivity index (χ0v) is 22.3. The van der Waals surface area contributed by atoms with Gasteiger partial charge in [-0.2, -0.15) is 4.98 Å². The molecule has 2 aromatic carbocycles. The van der Waals surface area contributed by atoms with Crippen LogP contribution in [0.4, 0.5) is 23.1 Å². The molecular formula is C29H30ClN5O3. The zero-order chi connectivity index (χ0) is 26.4. The Morgan fingerprint density at radius 2 is 2.11 bits per heavy atom. The highest BCUT2D eigenvalue weighted by atomic mass is 35.5. The van der Waals surface area contributed by atoms with E-state index in [-0.39, 0.29) is 6.42 Å². The van der Waals surface area contributed by atoms with Gasteiger partial charge in [0.05, 0.1) is 25.8 Å². The second-order valence-corrected chi connectivity index (χ2v) is 11.0. The van der Waals surface area contributed by atoms with Gasteiger partial charge in [0.15, 0.2) is 5.82 Å². The van der Waals surface area contributed by atoms with Gasteiger partial charge < -0.3 is 25.0 Å². The van der Waals surface area contributed by atoms with Crippen molar-refractivity contribution in [1.82, 2.24) is 14.9 Å². The van der Waals surface area contributed by atoms with E-state index in [9.17, 15) is 9.90 Å². The number of anilines is 4. The maximum absolute atomic E-state index is 11.7. The van der Waals surface area contributed by atoms with Crippen molar-refractivity contribution in [2.75, 3.05) is 43.6 Å². The Morgan fingerprint density at radius 3 is 2.89 bits per heavy atom. The molecule has 4 heterocycles. The van der Waals surface area contributed by atoms with Crippen LogP contribution in [0.15, 0.2) is 48.7 Å². The van der Waals surface area contributed by atoms with Crippen molar-refractivity contribution in [3.8, 4) is 0 Å². The molecule has 0 fully saturated rings. The van der Waals surface area contributed by atoms with E-state index in [0.717, 1.165) is 47.6 Å². The molecule has 0 saturated carbocycles. The van der Waals surface area contributed by atoms with Gasteiger partial charge in [-0.15, -0.1) is 0 Å². The third-order valence-corrected chi connectivity index (χ3v) is 7.98. The number of fused-ring (bicyclic) bond motifs is 2. The van der Waals surface area contributed by atoms with Crippen molar-refractivity contribution >= 4 is 46.3 Å². The summed E-state index contributed by atoms with van der Waals surface area (Å²) in [5.74, 6) is 0.142. The van der Waals surface area contributed by atoms with E-state index in [1.54, 1.807) is 6.20 Å². The number of aliphatic carboxylic acids is 1. The number of carboxylic acid groups (broad SMARTS) is 1. The molecule has 1 unspecified atom stereocenters. The minimum Gasteiger partial charge on any atom is -0.481 e. The van der Waals surface area contributed by atoms with Gasteiger partial charge in [-0.05, 0) is 53.9 Å². The van der Waals surface area contributed by atoms with Crippen molar-refractivity contribution in [3.63, 3.8) is 0 Å². The SMILES string of the molecule is CN1CCc2cc(C3=CCOC3)c(Nc3ncc(Cl)c(N4CC(C)(CC(=O)O)c5ccccc54)n3)cc2C1. The van der Waals surface area contributed by atoms with Crippen molar-refractivity contribution in [2.24, 2.45) is 0 Å². The number of halogens is 1. The molecule has 1 atom stereocenters. The molecule has 0 saturated heterocycles. The number of carboxylic acids is 1. The molecule has 196 valence electrons. The van der Waals surface area contributed by atoms with Gasteiger partial charge in [-0.1, -0.05) is 42.8 Å². The lowest BCUT2D eigenvalue weighted by molar-refractivity contribution is -0.138. The number of nitrogens with one attached hydrogen (secondary N) is 1. The van der Waals surface area contributed by atoms with E-state index < -0.39 is 11.4 Å². The van der Waals surface area contributed by atoms with Crippen molar-refractivity contribution < 1.29 is 14.6 Å². The Labute approximate surface area is 226 Å². The fraction of sp³-hybridized carbons (Fsp3) is 0.345. The number of rotatable bonds is 6. The van der Waals surface area contributed by atoms with Crippen molar-refractivity contribution in [1.29, 1.82) is 0 Å². The van der Waals surface area contributed by atoms with Crippen LogP contribution in [-0.4, -0.2) is 59.3 Å². The van der Waals surface area contributed by atoms with Gasteiger partial charge >= 0.3 is 5.97 Å². The normalized spacial score (nSPS) is 20.7. The Bertz CT molecular complexity index is 1460. The summed E-state index contributed by atoms with van der Waals surface area (Å²) < 4.78 is 5.63. The number of hydrogen-bond acceptors (Lipinski definition) is 7. The maximum Gasteiger partial charge on any atom is 0.304 e.